The summed E-state index contributed by atoms with van der Waals surface area (Å²) < 4.78 is 5.23. The standard InChI is InChI=1S/C17H17N3O4/c18-16(22)11-3-5-13(6-4-11)19-17(23)12-8-15(21)20(9-12)10-14-2-1-7-24-14/h1-7,12H,8-10H2,(H2,18,22)(H,19,23)/t12-/m0/s1. The highest BCUT2D eigenvalue weighted by molar-refractivity contribution is 5.98. The number of nitrogens with one attached hydrogen (secondary N) is 1. The topological polar surface area (TPSA) is 106 Å². The van der Waals surface area contributed by atoms with Gasteiger partial charge in [0, 0.05) is 24.2 Å². The van der Waals surface area contributed by atoms with Crippen molar-refractivity contribution in [2.75, 3.05) is 11.9 Å². The molecular formula is C17H17N3O4. The summed E-state index contributed by atoms with van der Waals surface area (Å²) in [6.07, 6.45) is 1.72. The fourth-order valence-corrected chi connectivity index (χ4v) is 2.65. The molecule has 3 amide bonds. The van der Waals surface area contributed by atoms with Crippen molar-refractivity contribution >= 4 is 23.4 Å². The first-order valence-corrected chi connectivity index (χ1v) is 7.54. The Morgan fingerprint density at radius 1 is 1.25 bits per heavy atom. The summed E-state index contributed by atoms with van der Waals surface area (Å²) in [7, 11) is 0. The number of nitrogens with zero attached hydrogens (tertiary/aromatic N) is 1. The van der Waals surface area contributed by atoms with Gasteiger partial charge in [-0.3, -0.25) is 14.4 Å². The zero-order valence-electron chi connectivity index (χ0n) is 12.9. The molecule has 2 heterocycles. The second kappa shape index (κ2) is 6.57. The van der Waals surface area contributed by atoms with Gasteiger partial charge < -0.3 is 20.4 Å². The summed E-state index contributed by atoms with van der Waals surface area (Å²) >= 11 is 0. The average molecular weight is 327 g/mol. The van der Waals surface area contributed by atoms with Crippen molar-refractivity contribution in [2.45, 2.75) is 13.0 Å². The summed E-state index contributed by atoms with van der Waals surface area (Å²) in [6, 6.07) is 9.85. The molecule has 0 unspecified atom stereocenters. The van der Waals surface area contributed by atoms with E-state index in [9.17, 15) is 14.4 Å². The molecule has 1 aromatic heterocycles. The van der Waals surface area contributed by atoms with E-state index in [1.54, 1.807) is 47.6 Å². The van der Waals surface area contributed by atoms with E-state index >= 15 is 0 Å². The number of carbonyl (C=O) groups is 3. The van der Waals surface area contributed by atoms with Gasteiger partial charge in [-0.15, -0.1) is 0 Å². The number of rotatable bonds is 5. The number of carbonyl (C=O) groups excluding carboxylic acids is 3. The maximum Gasteiger partial charge on any atom is 0.248 e. The van der Waals surface area contributed by atoms with Crippen molar-refractivity contribution < 1.29 is 18.8 Å². The number of likely N-dealkylation sites (tertiary alicyclic amines) is 1. The van der Waals surface area contributed by atoms with Gasteiger partial charge in [0.2, 0.25) is 17.7 Å². The molecule has 7 nitrogen and oxygen atoms in total. The number of anilines is 1. The zero-order valence-corrected chi connectivity index (χ0v) is 12.9. The van der Waals surface area contributed by atoms with Gasteiger partial charge in [-0.2, -0.15) is 0 Å². The Labute approximate surface area is 138 Å². The maximum absolute atomic E-state index is 12.3. The Bertz CT molecular complexity index is 753. The molecule has 0 bridgehead atoms. The molecule has 1 aliphatic heterocycles. The van der Waals surface area contributed by atoms with Crippen LogP contribution in [-0.2, 0) is 16.1 Å². The number of nitrogens with two attached hydrogens (primary N) is 1. The maximum atomic E-state index is 12.3. The summed E-state index contributed by atoms with van der Waals surface area (Å²) in [4.78, 5) is 37.0. The number of hydrogen-bond acceptors (Lipinski definition) is 4. The monoisotopic (exact) mass is 327 g/mol. The van der Waals surface area contributed by atoms with E-state index in [0.717, 1.165) is 0 Å². The van der Waals surface area contributed by atoms with Gasteiger partial charge in [-0.1, -0.05) is 0 Å². The number of furan rings is 1. The van der Waals surface area contributed by atoms with Gasteiger partial charge in [0.25, 0.3) is 0 Å². The first kappa shape index (κ1) is 15.8. The van der Waals surface area contributed by atoms with Crippen LogP contribution in [0, 0.1) is 5.92 Å². The van der Waals surface area contributed by atoms with Gasteiger partial charge in [0.1, 0.15) is 5.76 Å². The molecule has 0 radical (unpaired) electrons. The highest BCUT2D eigenvalue weighted by atomic mass is 16.3. The van der Waals surface area contributed by atoms with Crippen LogP contribution in [0.25, 0.3) is 0 Å². The van der Waals surface area contributed by atoms with E-state index in [4.69, 9.17) is 10.2 Å². The lowest BCUT2D eigenvalue weighted by atomic mass is 10.1. The summed E-state index contributed by atoms with van der Waals surface area (Å²) in [5.74, 6) is -0.551. The van der Waals surface area contributed by atoms with Gasteiger partial charge in [-0.25, -0.2) is 0 Å². The van der Waals surface area contributed by atoms with Gasteiger partial charge in [0.15, 0.2) is 0 Å². The lowest BCUT2D eigenvalue weighted by Crippen LogP contribution is -2.27. The average Bonchev–Trinajstić information content (AvgIpc) is 3.19. The lowest BCUT2D eigenvalue weighted by molar-refractivity contribution is -0.128. The van der Waals surface area contributed by atoms with Crippen molar-refractivity contribution in [1.29, 1.82) is 0 Å². The van der Waals surface area contributed by atoms with Crippen LogP contribution in [0.1, 0.15) is 22.5 Å². The zero-order chi connectivity index (χ0) is 17.1. The van der Waals surface area contributed by atoms with E-state index in [1.165, 1.54) is 0 Å². The quantitative estimate of drug-likeness (QED) is 0.865. The summed E-state index contributed by atoms with van der Waals surface area (Å²) in [5.41, 5.74) is 6.10. The normalized spacial score (nSPS) is 17.1. The molecule has 0 spiro atoms. The Hall–Kier alpha value is -3.09. The Kier molecular flexibility index (Phi) is 4.33. The third-order valence-corrected chi connectivity index (χ3v) is 3.95. The van der Waals surface area contributed by atoms with Crippen molar-refractivity contribution in [3.8, 4) is 0 Å². The second-order valence-corrected chi connectivity index (χ2v) is 5.69. The minimum Gasteiger partial charge on any atom is -0.467 e. The SMILES string of the molecule is NC(=O)c1ccc(NC(=O)[C@H]2CC(=O)N(Cc3ccco3)C2)cc1. The van der Waals surface area contributed by atoms with Crippen LogP contribution in [0.3, 0.4) is 0 Å². The first-order chi connectivity index (χ1) is 11.5. The molecule has 1 atom stereocenters. The second-order valence-electron chi connectivity index (χ2n) is 5.69. The van der Waals surface area contributed by atoms with Crippen LogP contribution >= 0.6 is 0 Å². The van der Waals surface area contributed by atoms with E-state index in [0.29, 0.717) is 30.1 Å². The molecule has 7 heteroatoms. The summed E-state index contributed by atoms with van der Waals surface area (Å²) in [5, 5.41) is 2.76. The van der Waals surface area contributed by atoms with E-state index in [1.807, 2.05) is 0 Å². The molecule has 1 aromatic carbocycles. The molecule has 1 saturated heterocycles. The van der Waals surface area contributed by atoms with Crippen molar-refractivity contribution in [2.24, 2.45) is 11.7 Å². The fraction of sp³-hybridized carbons (Fsp3) is 0.235. The Morgan fingerprint density at radius 3 is 2.62 bits per heavy atom. The predicted octanol–water partition coefficient (Wildman–Crippen LogP) is 1.37. The fourth-order valence-electron chi connectivity index (χ4n) is 2.65. The molecular weight excluding hydrogens is 310 g/mol. The smallest absolute Gasteiger partial charge is 0.248 e. The molecule has 3 N–H and O–H groups in total. The molecule has 0 saturated carbocycles. The van der Waals surface area contributed by atoms with E-state index in [2.05, 4.69) is 5.32 Å². The van der Waals surface area contributed by atoms with Crippen LogP contribution in [0.2, 0.25) is 0 Å². The van der Waals surface area contributed by atoms with E-state index < -0.39 is 11.8 Å². The van der Waals surface area contributed by atoms with Crippen LogP contribution in [0.5, 0.6) is 0 Å². The van der Waals surface area contributed by atoms with Crippen molar-refractivity contribution in [1.82, 2.24) is 4.90 Å². The van der Waals surface area contributed by atoms with Crippen LogP contribution in [0.15, 0.2) is 47.1 Å². The van der Waals surface area contributed by atoms with Gasteiger partial charge in [-0.05, 0) is 36.4 Å². The minimum absolute atomic E-state index is 0.0735. The number of amides is 3. The Balaban J connectivity index is 1.59. The molecule has 0 aliphatic carbocycles. The highest BCUT2D eigenvalue weighted by Crippen LogP contribution is 2.22. The third-order valence-electron chi connectivity index (χ3n) is 3.95. The number of hydrogen-bond donors (Lipinski definition) is 2. The van der Waals surface area contributed by atoms with Gasteiger partial charge in [0.05, 0.1) is 18.7 Å². The lowest BCUT2D eigenvalue weighted by Gasteiger charge is -2.15. The third kappa shape index (κ3) is 3.45. The van der Waals surface area contributed by atoms with E-state index in [-0.39, 0.29) is 18.2 Å². The minimum atomic E-state index is -0.525. The Morgan fingerprint density at radius 2 is 2.00 bits per heavy atom. The number of benzene rings is 1. The molecule has 1 fully saturated rings. The van der Waals surface area contributed by atoms with Crippen LogP contribution in [0.4, 0.5) is 5.69 Å². The molecule has 24 heavy (non-hydrogen) atoms. The molecule has 2 aromatic rings. The van der Waals surface area contributed by atoms with Crippen LogP contribution in [-0.4, -0.2) is 29.2 Å². The predicted molar refractivity (Wildman–Crippen MR) is 85.8 cm³/mol. The number of primary amides is 1. The van der Waals surface area contributed by atoms with Gasteiger partial charge >= 0.3 is 0 Å². The largest absolute Gasteiger partial charge is 0.467 e. The van der Waals surface area contributed by atoms with Crippen molar-refractivity contribution in [3.05, 3.63) is 54.0 Å². The molecule has 124 valence electrons. The molecule has 3 rings (SSSR count). The highest BCUT2D eigenvalue weighted by Gasteiger charge is 2.34. The summed E-state index contributed by atoms with van der Waals surface area (Å²) in [6.45, 7) is 0.716. The van der Waals surface area contributed by atoms with Crippen molar-refractivity contribution in [3.63, 3.8) is 0 Å². The van der Waals surface area contributed by atoms with Crippen LogP contribution < -0.4 is 11.1 Å². The molecule has 1 aliphatic rings. The first-order valence-electron chi connectivity index (χ1n) is 7.54.